The van der Waals surface area contributed by atoms with Crippen LogP contribution in [0.3, 0.4) is 0 Å². The van der Waals surface area contributed by atoms with Crippen LogP contribution in [0.15, 0.2) is 29.3 Å². The van der Waals surface area contributed by atoms with Crippen LogP contribution in [0.2, 0.25) is 0 Å². The zero-order chi connectivity index (χ0) is 14.9. The predicted molar refractivity (Wildman–Crippen MR) is 101 cm³/mol. The lowest BCUT2D eigenvalue weighted by atomic mass is 10.2. The molecule has 0 bridgehead atoms. The molecule has 1 aromatic carbocycles. The number of hydrogen-bond acceptors (Lipinski definition) is 2. The van der Waals surface area contributed by atoms with E-state index < -0.39 is 0 Å². The third-order valence-electron chi connectivity index (χ3n) is 3.69. The number of guanidine groups is 1. The Morgan fingerprint density at radius 3 is 2.64 bits per heavy atom. The van der Waals surface area contributed by atoms with Gasteiger partial charge in [-0.1, -0.05) is 18.9 Å². The first-order chi connectivity index (χ1) is 10.3. The fourth-order valence-electron chi connectivity index (χ4n) is 2.50. The highest BCUT2D eigenvalue weighted by Gasteiger charge is 2.10. The van der Waals surface area contributed by atoms with Crippen molar-refractivity contribution in [1.82, 2.24) is 4.90 Å². The van der Waals surface area contributed by atoms with Crippen LogP contribution >= 0.6 is 24.0 Å². The summed E-state index contributed by atoms with van der Waals surface area (Å²) in [5, 5.41) is 3.19. The molecule has 124 valence electrons. The Bertz CT molecular complexity index is 459. The van der Waals surface area contributed by atoms with Crippen molar-refractivity contribution in [3.05, 3.63) is 30.1 Å². The van der Waals surface area contributed by atoms with Gasteiger partial charge in [0.1, 0.15) is 5.82 Å². The zero-order valence-corrected chi connectivity index (χ0v) is 15.3. The largest absolute Gasteiger partial charge is 0.385 e. The highest BCUT2D eigenvalue weighted by Crippen LogP contribution is 2.10. The van der Waals surface area contributed by atoms with Crippen LogP contribution in [0.1, 0.15) is 32.1 Å². The number of halogens is 2. The standard InChI is InChI=1S/C16H25FN4.HI/c17-14-7-5-8-15(13-14)19-9-6-10-20-16(18)21-11-3-1-2-4-12-21;/h5,7-8,13,19H,1-4,6,9-12H2,(H2,18,20);1H. The molecule has 1 fully saturated rings. The summed E-state index contributed by atoms with van der Waals surface area (Å²) in [7, 11) is 0. The van der Waals surface area contributed by atoms with Gasteiger partial charge in [0.25, 0.3) is 0 Å². The Balaban J connectivity index is 0.00000242. The van der Waals surface area contributed by atoms with Crippen molar-refractivity contribution in [1.29, 1.82) is 0 Å². The van der Waals surface area contributed by atoms with Crippen LogP contribution in [0, 0.1) is 5.82 Å². The second-order valence-electron chi connectivity index (χ2n) is 5.43. The van der Waals surface area contributed by atoms with Crippen molar-refractivity contribution in [3.63, 3.8) is 0 Å². The normalized spacial score (nSPS) is 15.9. The first-order valence-corrected chi connectivity index (χ1v) is 7.80. The Hall–Kier alpha value is -1.05. The second kappa shape index (κ2) is 10.6. The molecule has 0 aliphatic carbocycles. The number of anilines is 1. The molecule has 6 heteroatoms. The number of nitrogens with zero attached hydrogens (tertiary/aromatic N) is 2. The Kier molecular flexibility index (Phi) is 9.19. The van der Waals surface area contributed by atoms with Gasteiger partial charge >= 0.3 is 0 Å². The van der Waals surface area contributed by atoms with Crippen LogP contribution in [0.4, 0.5) is 10.1 Å². The highest BCUT2D eigenvalue weighted by molar-refractivity contribution is 14.0. The molecule has 22 heavy (non-hydrogen) atoms. The summed E-state index contributed by atoms with van der Waals surface area (Å²) < 4.78 is 13.0. The van der Waals surface area contributed by atoms with Gasteiger partial charge in [0.2, 0.25) is 0 Å². The van der Waals surface area contributed by atoms with E-state index in [9.17, 15) is 4.39 Å². The molecule has 0 radical (unpaired) electrons. The minimum absolute atomic E-state index is 0. The van der Waals surface area contributed by atoms with Gasteiger partial charge in [0.15, 0.2) is 5.96 Å². The number of nitrogens with two attached hydrogens (primary N) is 1. The first-order valence-electron chi connectivity index (χ1n) is 7.80. The molecule has 1 heterocycles. The van der Waals surface area contributed by atoms with E-state index in [0.29, 0.717) is 12.5 Å². The molecule has 0 spiro atoms. The van der Waals surface area contributed by atoms with E-state index in [-0.39, 0.29) is 29.8 Å². The summed E-state index contributed by atoms with van der Waals surface area (Å²) in [5.74, 6) is 0.450. The fourth-order valence-corrected chi connectivity index (χ4v) is 2.50. The van der Waals surface area contributed by atoms with Crippen molar-refractivity contribution >= 4 is 35.6 Å². The Morgan fingerprint density at radius 1 is 1.23 bits per heavy atom. The Morgan fingerprint density at radius 2 is 1.95 bits per heavy atom. The second-order valence-corrected chi connectivity index (χ2v) is 5.43. The fraction of sp³-hybridized carbons (Fsp3) is 0.562. The lowest BCUT2D eigenvalue weighted by Gasteiger charge is -2.21. The molecule has 3 N–H and O–H groups in total. The average molecular weight is 420 g/mol. The quantitative estimate of drug-likeness (QED) is 0.332. The van der Waals surface area contributed by atoms with Crippen molar-refractivity contribution < 1.29 is 4.39 Å². The minimum atomic E-state index is -0.219. The maximum absolute atomic E-state index is 13.0. The van der Waals surface area contributed by atoms with E-state index in [1.54, 1.807) is 6.07 Å². The van der Waals surface area contributed by atoms with E-state index in [0.717, 1.165) is 31.7 Å². The van der Waals surface area contributed by atoms with Gasteiger partial charge in [-0.05, 0) is 37.5 Å². The third-order valence-corrected chi connectivity index (χ3v) is 3.69. The smallest absolute Gasteiger partial charge is 0.191 e. The molecule has 1 aliphatic heterocycles. The first kappa shape index (κ1) is 19.0. The van der Waals surface area contributed by atoms with Gasteiger partial charge in [-0.2, -0.15) is 0 Å². The summed E-state index contributed by atoms with van der Waals surface area (Å²) in [6, 6.07) is 6.50. The molecule has 1 saturated heterocycles. The molecule has 0 amide bonds. The lowest BCUT2D eigenvalue weighted by molar-refractivity contribution is 0.428. The molecule has 4 nitrogen and oxygen atoms in total. The van der Waals surface area contributed by atoms with Crippen LogP contribution in [0.5, 0.6) is 0 Å². The summed E-state index contributed by atoms with van der Waals surface area (Å²) >= 11 is 0. The summed E-state index contributed by atoms with van der Waals surface area (Å²) in [6.07, 6.45) is 5.88. The molecule has 1 aromatic rings. The number of nitrogens with one attached hydrogen (secondary N) is 1. The van der Waals surface area contributed by atoms with Gasteiger partial charge in [0, 0.05) is 31.9 Å². The number of aliphatic imine (C=N–C) groups is 1. The molecule has 0 atom stereocenters. The number of hydrogen-bond donors (Lipinski definition) is 2. The molecule has 2 rings (SSSR count). The summed E-state index contributed by atoms with van der Waals surface area (Å²) in [4.78, 5) is 6.63. The third kappa shape index (κ3) is 6.81. The lowest BCUT2D eigenvalue weighted by Crippen LogP contribution is -2.38. The van der Waals surface area contributed by atoms with E-state index in [2.05, 4.69) is 15.2 Å². The van der Waals surface area contributed by atoms with E-state index in [4.69, 9.17) is 5.73 Å². The summed E-state index contributed by atoms with van der Waals surface area (Å²) in [6.45, 7) is 3.51. The van der Waals surface area contributed by atoms with Crippen LogP contribution in [0.25, 0.3) is 0 Å². The number of benzene rings is 1. The van der Waals surface area contributed by atoms with Crippen molar-refractivity contribution in [2.75, 3.05) is 31.5 Å². The maximum Gasteiger partial charge on any atom is 0.191 e. The minimum Gasteiger partial charge on any atom is -0.385 e. The monoisotopic (exact) mass is 420 g/mol. The number of rotatable bonds is 5. The maximum atomic E-state index is 13.0. The van der Waals surface area contributed by atoms with Gasteiger partial charge in [-0.3, -0.25) is 4.99 Å². The van der Waals surface area contributed by atoms with Gasteiger partial charge in [-0.15, -0.1) is 24.0 Å². The van der Waals surface area contributed by atoms with E-state index in [1.807, 2.05) is 6.07 Å². The number of likely N-dealkylation sites (tertiary alicyclic amines) is 1. The topological polar surface area (TPSA) is 53.6 Å². The van der Waals surface area contributed by atoms with E-state index >= 15 is 0 Å². The van der Waals surface area contributed by atoms with Gasteiger partial charge in [0.05, 0.1) is 0 Å². The highest BCUT2D eigenvalue weighted by atomic mass is 127. The van der Waals surface area contributed by atoms with Crippen LogP contribution in [-0.4, -0.2) is 37.0 Å². The molecule has 0 saturated carbocycles. The molecule has 0 unspecified atom stereocenters. The average Bonchev–Trinajstić information content (AvgIpc) is 2.76. The van der Waals surface area contributed by atoms with Crippen molar-refractivity contribution in [2.24, 2.45) is 10.7 Å². The van der Waals surface area contributed by atoms with Crippen molar-refractivity contribution in [3.8, 4) is 0 Å². The summed E-state index contributed by atoms with van der Waals surface area (Å²) in [5.41, 5.74) is 6.84. The van der Waals surface area contributed by atoms with Crippen LogP contribution < -0.4 is 11.1 Å². The van der Waals surface area contributed by atoms with Gasteiger partial charge in [-0.25, -0.2) is 4.39 Å². The van der Waals surface area contributed by atoms with E-state index in [1.165, 1.54) is 37.8 Å². The molecule has 1 aliphatic rings. The molecule has 0 aromatic heterocycles. The predicted octanol–water partition coefficient (Wildman–Crippen LogP) is 3.44. The SMILES string of the molecule is I.NC(=NCCCNc1cccc(F)c1)N1CCCCCC1. The zero-order valence-electron chi connectivity index (χ0n) is 12.9. The molecular weight excluding hydrogens is 394 g/mol. The van der Waals surface area contributed by atoms with Gasteiger partial charge < -0.3 is 16.0 Å². The molecular formula is C16H26FIN4. The Labute approximate surface area is 149 Å². The van der Waals surface area contributed by atoms with Crippen molar-refractivity contribution in [2.45, 2.75) is 32.1 Å². The van der Waals surface area contributed by atoms with Crippen LogP contribution in [-0.2, 0) is 0 Å².